The molecule has 0 bridgehead atoms. The molecule has 0 atom stereocenters. The third-order valence-corrected chi connectivity index (χ3v) is 4.05. The van der Waals surface area contributed by atoms with Crippen LogP contribution in [0.2, 0.25) is 0 Å². The number of hydrogen-bond acceptors (Lipinski definition) is 1. The van der Waals surface area contributed by atoms with Gasteiger partial charge in [0.1, 0.15) is 5.82 Å². The standard InChI is InChI=1S/C15H15FIN/c1-10-3-5-13(8-15(10)17)18-9-12-4-6-14(16)11(2)7-12/h3-8,18H,9H2,1-2H3. The lowest BCUT2D eigenvalue weighted by Gasteiger charge is -2.09. The SMILES string of the molecule is Cc1cc(CNc2ccc(C)c(I)c2)ccc1F. The van der Waals surface area contributed by atoms with E-state index in [-0.39, 0.29) is 5.82 Å². The maximum atomic E-state index is 13.1. The lowest BCUT2D eigenvalue weighted by atomic mass is 10.1. The molecule has 0 spiro atoms. The van der Waals surface area contributed by atoms with Gasteiger partial charge in [-0.25, -0.2) is 4.39 Å². The molecule has 2 aromatic carbocycles. The monoisotopic (exact) mass is 355 g/mol. The molecule has 0 saturated carbocycles. The van der Waals surface area contributed by atoms with Crippen molar-refractivity contribution in [3.05, 3.63) is 62.5 Å². The Hall–Kier alpha value is -1.10. The number of nitrogens with one attached hydrogen (secondary N) is 1. The number of anilines is 1. The van der Waals surface area contributed by atoms with Crippen LogP contribution in [0.3, 0.4) is 0 Å². The Kier molecular flexibility index (Phi) is 4.22. The molecule has 18 heavy (non-hydrogen) atoms. The molecule has 0 saturated heterocycles. The second kappa shape index (κ2) is 5.69. The summed E-state index contributed by atoms with van der Waals surface area (Å²) in [6.07, 6.45) is 0. The van der Waals surface area contributed by atoms with Gasteiger partial charge in [0.25, 0.3) is 0 Å². The van der Waals surface area contributed by atoms with Crippen molar-refractivity contribution in [1.29, 1.82) is 0 Å². The highest BCUT2D eigenvalue weighted by Crippen LogP contribution is 2.18. The van der Waals surface area contributed by atoms with E-state index in [4.69, 9.17) is 0 Å². The molecule has 0 aliphatic heterocycles. The van der Waals surface area contributed by atoms with Crippen molar-refractivity contribution in [1.82, 2.24) is 0 Å². The van der Waals surface area contributed by atoms with E-state index < -0.39 is 0 Å². The maximum Gasteiger partial charge on any atom is 0.126 e. The van der Waals surface area contributed by atoms with Gasteiger partial charge in [-0.2, -0.15) is 0 Å². The van der Waals surface area contributed by atoms with Crippen molar-refractivity contribution in [2.45, 2.75) is 20.4 Å². The molecule has 0 unspecified atom stereocenters. The summed E-state index contributed by atoms with van der Waals surface area (Å²) >= 11 is 2.32. The van der Waals surface area contributed by atoms with E-state index in [1.807, 2.05) is 12.1 Å². The van der Waals surface area contributed by atoms with Crippen LogP contribution in [0.15, 0.2) is 36.4 Å². The van der Waals surface area contributed by atoms with E-state index in [0.29, 0.717) is 12.1 Å². The number of rotatable bonds is 3. The van der Waals surface area contributed by atoms with E-state index in [1.165, 1.54) is 15.2 Å². The fourth-order valence-corrected chi connectivity index (χ4v) is 2.24. The normalized spacial score (nSPS) is 10.4. The molecule has 0 fully saturated rings. The van der Waals surface area contributed by atoms with Gasteiger partial charge in [0.15, 0.2) is 0 Å². The predicted octanol–water partition coefficient (Wildman–Crippen LogP) is 4.66. The van der Waals surface area contributed by atoms with Gasteiger partial charge in [-0.3, -0.25) is 0 Å². The molecule has 0 aromatic heterocycles. The van der Waals surface area contributed by atoms with Crippen LogP contribution in [0.5, 0.6) is 0 Å². The van der Waals surface area contributed by atoms with Gasteiger partial charge >= 0.3 is 0 Å². The van der Waals surface area contributed by atoms with Crippen molar-refractivity contribution >= 4 is 28.3 Å². The summed E-state index contributed by atoms with van der Waals surface area (Å²) in [4.78, 5) is 0. The maximum absolute atomic E-state index is 13.1. The number of hydrogen-bond donors (Lipinski definition) is 1. The fourth-order valence-electron chi connectivity index (χ4n) is 1.72. The number of halogens is 2. The second-order valence-corrected chi connectivity index (χ2v) is 5.56. The van der Waals surface area contributed by atoms with E-state index >= 15 is 0 Å². The van der Waals surface area contributed by atoms with E-state index in [0.717, 1.165) is 11.3 Å². The zero-order valence-electron chi connectivity index (χ0n) is 10.4. The molecule has 0 heterocycles. The molecule has 0 radical (unpaired) electrons. The van der Waals surface area contributed by atoms with Gasteiger partial charge in [0.05, 0.1) is 0 Å². The second-order valence-electron chi connectivity index (χ2n) is 4.40. The van der Waals surface area contributed by atoms with Crippen LogP contribution in [0, 0.1) is 23.2 Å². The Labute approximate surface area is 121 Å². The van der Waals surface area contributed by atoms with Gasteiger partial charge in [-0.15, -0.1) is 0 Å². The van der Waals surface area contributed by atoms with Crippen LogP contribution < -0.4 is 5.32 Å². The highest BCUT2D eigenvalue weighted by molar-refractivity contribution is 14.1. The van der Waals surface area contributed by atoms with Crippen molar-refractivity contribution in [3.63, 3.8) is 0 Å². The van der Waals surface area contributed by atoms with Crippen LogP contribution >= 0.6 is 22.6 Å². The predicted molar refractivity (Wildman–Crippen MR) is 82.4 cm³/mol. The molecule has 94 valence electrons. The summed E-state index contributed by atoms with van der Waals surface area (Å²) < 4.78 is 14.4. The molecule has 3 heteroatoms. The summed E-state index contributed by atoms with van der Waals surface area (Å²) in [5, 5.41) is 3.35. The molecule has 2 rings (SSSR count). The first kappa shape index (κ1) is 13.3. The van der Waals surface area contributed by atoms with Crippen molar-refractivity contribution in [2.75, 3.05) is 5.32 Å². The first-order valence-electron chi connectivity index (χ1n) is 5.81. The Balaban J connectivity index is 2.06. The summed E-state index contributed by atoms with van der Waals surface area (Å²) in [6, 6.07) is 11.5. The van der Waals surface area contributed by atoms with Crippen molar-refractivity contribution in [2.24, 2.45) is 0 Å². The topological polar surface area (TPSA) is 12.0 Å². The van der Waals surface area contributed by atoms with Crippen molar-refractivity contribution < 1.29 is 4.39 Å². The molecule has 1 N–H and O–H groups in total. The quantitative estimate of drug-likeness (QED) is 0.790. The Morgan fingerprint density at radius 2 is 1.83 bits per heavy atom. The molecular weight excluding hydrogens is 340 g/mol. The number of benzene rings is 2. The lowest BCUT2D eigenvalue weighted by molar-refractivity contribution is 0.617. The first-order valence-corrected chi connectivity index (χ1v) is 6.89. The van der Waals surface area contributed by atoms with E-state index in [2.05, 4.69) is 53.0 Å². The molecule has 0 aliphatic rings. The van der Waals surface area contributed by atoms with E-state index in [1.54, 1.807) is 6.92 Å². The zero-order chi connectivity index (χ0) is 13.1. The summed E-state index contributed by atoms with van der Waals surface area (Å²) in [5.41, 5.74) is 4.14. The molecule has 2 aromatic rings. The smallest absolute Gasteiger partial charge is 0.126 e. The van der Waals surface area contributed by atoms with Crippen LogP contribution in [-0.4, -0.2) is 0 Å². The minimum Gasteiger partial charge on any atom is -0.381 e. The highest BCUT2D eigenvalue weighted by Gasteiger charge is 2.00. The lowest BCUT2D eigenvalue weighted by Crippen LogP contribution is -2.00. The van der Waals surface area contributed by atoms with Gasteiger partial charge in [0, 0.05) is 15.8 Å². The van der Waals surface area contributed by atoms with Gasteiger partial charge in [-0.05, 0) is 71.3 Å². The molecule has 0 amide bonds. The van der Waals surface area contributed by atoms with Gasteiger partial charge < -0.3 is 5.32 Å². The minimum absolute atomic E-state index is 0.149. The minimum atomic E-state index is -0.149. The fraction of sp³-hybridized carbons (Fsp3) is 0.200. The highest BCUT2D eigenvalue weighted by atomic mass is 127. The average molecular weight is 355 g/mol. The van der Waals surface area contributed by atoms with Gasteiger partial charge in [0.2, 0.25) is 0 Å². The largest absolute Gasteiger partial charge is 0.381 e. The summed E-state index contributed by atoms with van der Waals surface area (Å²) in [7, 11) is 0. The Morgan fingerprint density at radius 3 is 2.50 bits per heavy atom. The van der Waals surface area contributed by atoms with E-state index in [9.17, 15) is 4.39 Å². The first-order chi connectivity index (χ1) is 8.56. The molecular formula is C15H15FIN. The summed E-state index contributed by atoms with van der Waals surface area (Å²) in [5.74, 6) is -0.149. The van der Waals surface area contributed by atoms with Crippen LogP contribution in [0.25, 0.3) is 0 Å². The summed E-state index contributed by atoms with van der Waals surface area (Å²) in [6.45, 7) is 4.59. The zero-order valence-corrected chi connectivity index (χ0v) is 12.6. The van der Waals surface area contributed by atoms with Gasteiger partial charge in [-0.1, -0.05) is 18.2 Å². The number of aryl methyl sites for hydroxylation is 2. The molecule has 1 nitrogen and oxygen atoms in total. The third-order valence-electron chi connectivity index (χ3n) is 2.89. The van der Waals surface area contributed by atoms with Crippen LogP contribution in [0.1, 0.15) is 16.7 Å². The van der Waals surface area contributed by atoms with Crippen LogP contribution in [0.4, 0.5) is 10.1 Å². The van der Waals surface area contributed by atoms with Crippen LogP contribution in [-0.2, 0) is 6.54 Å². The average Bonchev–Trinajstić information content (AvgIpc) is 2.35. The third kappa shape index (κ3) is 3.22. The Morgan fingerprint density at radius 1 is 1.06 bits per heavy atom. The Bertz CT molecular complexity index is 515. The van der Waals surface area contributed by atoms with Crippen molar-refractivity contribution in [3.8, 4) is 0 Å². The molecule has 0 aliphatic carbocycles.